The van der Waals surface area contributed by atoms with E-state index < -0.39 is 5.97 Å². The van der Waals surface area contributed by atoms with Crippen LogP contribution in [0.1, 0.15) is 60.3 Å². The molecule has 2 N–H and O–H groups in total. The Morgan fingerprint density at radius 2 is 1.63 bits per heavy atom. The predicted octanol–water partition coefficient (Wildman–Crippen LogP) is 6.33. The van der Waals surface area contributed by atoms with Crippen LogP contribution in [0.15, 0.2) is 54.6 Å². The van der Waals surface area contributed by atoms with Gasteiger partial charge in [0.1, 0.15) is 5.82 Å². The van der Waals surface area contributed by atoms with E-state index >= 15 is 0 Å². The van der Waals surface area contributed by atoms with E-state index in [9.17, 15) is 19.1 Å². The lowest BCUT2D eigenvalue weighted by Gasteiger charge is -2.11. The van der Waals surface area contributed by atoms with E-state index in [-0.39, 0.29) is 17.2 Å². The molecule has 0 unspecified atom stereocenters. The second-order valence-corrected chi connectivity index (χ2v) is 9.82. The summed E-state index contributed by atoms with van der Waals surface area (Å²) in [5.74, 6) is -1.53. The van der Waals surface area contributed by atoms with Crippen LogP contribution in [-0.2, 0) is 12.8 Å². The maximum Gasteiger partial charge on any atom is 0.335 e. The number of carboxylic acid groups (broad SMARTS) is 1. The van der Waals surface area contributed by atoms with Gasteiger partial charge in [0.25, 0.3) is 0 Å². The highest BCUT2D eigenvalue weighted by atomic mass is 32.1. The Kier molecular flexibility index (Phi) is 7.43. The monoisotopic (exact) mass is 489 g/mol. The molecule has 0 bridgehead atoms. The average Bonchev–Trinajstić information content (AvgIpc) is 3.17. The van der Waals surface area contributed by atoms with Crippen LogP contribution in [0.5, 0.6) is 0 Å². The lowest BCUT2D eigenvalue weighted by Crippen LogP contribution is -2.15. The van der Waals surface area contributed by atoms with Crippen LogP contribution in [0.25, 0.3) is 10.1 Å². The number of fused-ring (bicyclic) bond motifs is 1. The Bertz CT molecular complexity index is 1380. The quantitative estimate of drug-likeness (QED) is 0.213. The van der Waals surface area contributed by atoms with Crippen molar-refractivity contribution < 1.29 is 19.1 Å². The highest BCUT2D eigenvalue weighted by Crippen LogP contribution is 2.36. The number of benzene rings is 3. The first kappa shape index (κ1) is 24.8. The molecule has 0 aliphatic carbocycles. The van der Waals surface area contributed by atoms with E-state index in [0.717, 1.165) is 40.7 Å². The van der Waals surface area contributed by atoms with E-state index in [1.165, 1.54) is 29.0 Å². The fourth-order valence-electron chi connectivity index (χ4n) is 4.46. The molecule has 0 spiro atoms. The largest absolute Gasteiger partial charge is 0.478 e. The van der Waals surface area contributed by atoms with E-state index in [2.05, 4.69) is 36.5 Å². The zero-order chi connectivity index (χ0) is 25.1. The third-order valence-corrected chi connectivity index (χ3v) is 7.41. The zero-order valence-corrected chi connectivity index (χ0v) is 20.9. The Morgan fingerprint density at radius 1 is 0.971 bits per heavy atom. The van der Waals surface area contributed by atoms with Gasteiger partial charge >= 0.3 is 5.97 Å². The standard InChI is InChI=1S/C29H28FNO3S/c1-4-31-12-11-19-5-7-20(8-6-19)15-24-23-10-9-21(29(33)34)16-25(23)35-28(24)27(32)26-17(2)13-22(30)14-18(26)3/h5-10,13-14,16,31H,4,11-12,15H2,1-3H3,(H,33,34). The molecule has 1 heterocycles. The average molecular weight is 490 g/mol. The van der Waals surface area contributed by atoms with E-state index in [4.69, 9.17) is 0 Å². The van der Waals surface area contributed by atoms with Crippen molar-refractivity contribution in [3.63, 3.8) is 0 Å². The van der Waals surface area contributed by atoms with E-state index in [1.54, 1.807) is 32.0 Å². The molecule has 3 aromatic carbocycles. The molecule has 0 atom stereocenters. The second kappa shape index (κ2) is 10.5. The molecule has 0 amide bonds. The molecule has 1 aromatic heterocycles. The first-order valence-corrected chi connectivity index (χ1v) is 12.5. The summed E-state index contributed by atoms with van der Waals surface area (Å²) in [6, 6.07) is 16.1. The number of rotatable bonds is 9. The Morgan fingerprint density at radius 3 is 2.26 bits per heavy atom. The summed E-state index contributed by atoms with van der Waals surface area (Å²) in [7, 11) is 0. The Labute approximate surface area is 208 Å². The topological polar surface area (TPSA) is 66.4 Å². The van der Waals surface area contributed by atoms with Gasteiger partial charge in [0.2, 0.25) is 5.78 Å². The van der Waals surface area contributed by atoms with Gasteiger partial charge in [-0.1, -0.05) is 37.3 Å². The van der Waals surface area contributed by atoms with Gasteiger partial charge in [0.05, 0.1) is 10.4 Å². The van der Waals surface area contributed by atoms with E-state index in [1.807, 2.05) is 0 Å². The fraction of sp³-hybridized carbons (Fsp3) is 0.241. The third-order valence-electron chi connectivity index (χ3n) is 6.21. The number of nitrogens with one attached hydrogen (secondary N) is 1. The number of likely N-dealkylation sites (N-methyl/N-ethyl adjacent to an activating group) is 1. The van der Waals surface area contributed by atoms with Gasteiger partial charge in [-0.15, -0.1) is 11.3 Å². The summed E-state index contributed by atoms with van der Waals surface area (Å²) in [4.78, 5) is 25.9. The molecular weight excluding hydrogens is 461 g/mol. The molecule has 0 aliphatic heterocycles. The van der Waals surface area contributed by atoms with Crippen LogP contribution in [0.4, 0.5) is 4.39 Å². The number of thiophene rings is 1. The summed E-state index contributed by atoms with van der Waals surface area (Å²) in [6.45, 7) is 7.43. The van der Waals surface area contributed by atoms with Crippen LogP contribution in [-0.4, -0.2) is 29.9 Å². The third kappa shape index (κ3) is 5.34. The van der Waals surface area contributed by atoms with Gasteiger partial charge in [-0.3, -0.25) is 4.79 Å². The minimum absolute atomic E-state index is 0.157. The number of aryl methyl sites for hydroxylation is 2. The van der Waals surface area contributed by atoms with Gasteiger partial charge < -0.3 is 10.4 Å². The molecule has 180 valence electrons. The predicted molar refractivity (Wildman–Crippen MR) is 140 cm³/mol. The maximum absolute atomic E-state index is 13.9. The summed E-state index contributed by atoms with van der Waals surface area (Å²) < 4.78 is 14.6. The molecule has 4 aromatic rings. The van der Waals surface area contributed by atoms with Gasteiger partial charge in [0, 0.05) is 10.3 Å². The summed E-state index contributed by atoms with van der Waals surface area (Å²) in [5.41, 5.74) is 5.04. The van der Waals surface area contributed by atoms with Crippen molar-refractivity contribution >= 4 is 33.2 Å². The smallest absolute Gasteiger partial charge is 0.335 e. The second-order valence-electron chi connectivity index (χ2n) is 8.77. The van der Waals surface area contributed by atoms with Crippen molar-refractivity contribution in [3.8, 4) is 0 Å². The summed E-state index contributed by atoms with van der Waals surface area (Å²) in [5, 5.41) is 13.6. The number of hydrogen-bond donors (Lipinski definition) is 2. The lowest BCUT2D eigenvalue weighted by atomic mass is 9.93. The molecule has 0 saturated heterocycles. The minimum Gasteiger partial charge on any atom is -0.478 e. The Hall–Kier alpha value is -3.35. The van der Waals surface area contributed by atoms with Crippen LogP contribution >= 0.6 is 11.3 Å². The lowest BCUT2D eigenvalue weighted by molar-refractivity contribution is 0.0697. The highest BCUT2D eigenvalue weighted by Gasteiger charge is 2.23. The van der Waals surface area contributed by atoms with Crippen molar-refractivity contribution in [1.82, 2.24) is 5.32 Å². The number of carboxylic acids is 1. The van der Waals surface area contributed by atoms with Crippen LogP contribution in [0.3, 0.4) is 0 Å². The first-order valence-electron chi connectivity index (χ1n) is 11.7. The number of aromatic carboxylic acids is 1. The van der Waals surface area contributed by atoms with Crippen LogP contribution in [0.2, 0.25) is 0 Å². The number of ketones is 1. The van der Waals surface area contributed by atoms with Crippen molar-refractivity contribution in [2.24, 2.45) is 0 Å². The van der Waals surface area contributed by atoms with Gasteiger partial charge in [-0.2, -0.15) is 0 Å². The first-order chi connectivity index (χ1) is 16.8. The summed E-state index contributed by atoms with van der Waals surface area (Å²) >= 11 is 1.30. The SMILES string of the molecule is CCNCCc1ccc(Cc2c(C(=O)c3c(C)cc(F)cc3C)sc3cc(C(=O)O)ccc23)cc1. The van der Waals surface area contributed by atoms with E-state index in [0.29, 0.717) is 28.0 Å². The minimum atomic E-state index is -1.01. The molecule has 0 saturated carbocycles. The number of carbonyl (C=O) groups is 2. The normalized spacial score (nSPS) is 11.2. The molecule has 4 rings (SSSR count). The molecular formula is C29H28FNO3S. The van der Waals surface area contributed by atoms with Crippen molar-refractivity contribution in [2.45, 2.75) is 33.6 Å². The molecule has 0 radical (unpaired) electrons. The van der Waals surface area contributed by atoms with Crippen LogP contribution < -0.4 is 5.32 Å². The molecule has 35 heavy (non-hydrogen) atoms. The van der Waals surface area contributed by atoms with Crippen molar-refractivity contribution in [2.75, 3.05) is 13.1 Å². The number of halogens is 1. The fourth-order valence-corrected chi connectivity index (χ4v) is 5.67. The van der Waals surface area contributed by atoms with Crippen molar-refractivity contribution in [3.05, 3.63) is 104 Å². The molecule has 0 fully saturated rings. The van der Waals surface area contributed by atoms with Gasteiger partial charge in [0.15, 0.2) is 0 Å². The highest BCUT2D eigenvalue weighted by molar-refractivity contribution is 7.21. The van der Waals surface area contributed by atoms with Gasteiger partial charge in [-0.25, -0.2) is 9.18 Å². The van der Waals surface area contributed by atoms with Crippen molar-refractivity contribution in [1.29, 1.82) is 0 Å². The zero-order valence-electron chi connectivity index (χ0n) is 20.1. The molecule has 6 heteroatoms. The summed E-state index contributed by atoms with van der Waals surface area (Å²) in [6.07, 6.45) is 1.49. The van der Waals surface area contributed by atoms with Crippen LogP contribution in [0, 0.1) is 19.7 Å². The molecule has 4 nitrogen and oxygen atoms in total. The number of carbonyl (C=O) groups excluding carboxylic acids is 1. The maximum atomic E-state index is 13.9. The van der Waals surface area contributed by atoms with Gasteiger partial charge in [-0.05, 0) is 97.2 Å². The Balaban J connectivity index is 1.77. The number of hydrogen-bond acceptors (Lipinski definition) is 4. The molecule has 0 aliphatic rings.